The van der Waals surface area contributed by atoms with Crippen LogP contribution in [-0.2, 0) is 20.7 Å². The third-order valence-electron chi connectivity index (χ3n) is 3.06. The third kappa shape index (κ3) is 4.05. The molecule has 0 aromatic heterocycles. The van der Waals surface area contributed by atoms with Gasteiger partial charge in [-0.2, -0.15) is 0 Å². The van der Waals surface area contributed by atoms with E-state index in [0.29, 0.717) is 0 Å². The van der Waals surface area contributed by atoms with Crippen LogP contribution in [0.3, 0.4) is 0 Å². The molecule has 0 saturated carbocycles. The second kappa shape index (κ2) is 6.07. The number of nitrogens with zero attached hydrogens (tertiary/aromatic N) is 3. The quantitative estimate of drug-likeness (QED) is 0.713. The van der Waals surface area contributed by atoms with E-state index in [2.05, 4.69) is 5.16 Å². The molecule has 0 bridgehead atoms. The van der Waals surface area contributed by atoms with Crippen molar-refractivity contribution in [1.82, 2.24) is 8.61 Å². The predicted molar refractivity (Wildman–Crippen MR) is 77.4 cm³/mol. The van der Waals surface area contributed by atoms with Gasteiger partial charge in [0.05, 0.1) is 5.60 Å². The van der Waals surface area contributed by atoms with Crippen LogP contribution in [0.25, 0.3) is 0 Å². The topological polar surface area (TPSA) is 54.4 Å². The highest BCUT2D eigenvalue weighted by molar-refractivity contribution is 7.80. The monoisotopic (exact) mass is 286 g/mol. The van der Waals surface area contributed by atoms with Crippen LogP contribution in [0, 0.1) is 0 Å². The molecule has 0 aliphatic carbocycles. The molecule has 1 unspecified atom stereocenters. The van der Waals surface area contributed by atoms with Gasteiger partial charge in [0.1, 0.15) is 6.34 Å². The van der Waals surface area contributed by atoms with Crippen molar-refractivity contribution in [2.24, 2.45) is 5.16 Å². The van der Waals surface area contributed by atoms with Crippen molar-refractivity contribution < 1.29 is 13.7 Å². The molecule has 0 saturated heterocycles. The van der Waals surface area contributed by atoms with Crippen molar-refractivity contribution in [2.45, 2.75) is 38.9 Å². The van der Waals surface area contributed by atoms with Gasteiger partial charge in [-0.25, -0.2) is 12.8 Å². The zero-order chi connectivity index (χ0) is 14.7. The first-order chi connectivity index (χ1) is 8.67. The zero-order valence-electron chi connectivity index (χ0n) is 12.3. The average molecular weight is 286 g/mol. The summed E-state index contributed by atoms with van der Waals surface area (Å²) in [5, 5.41) is 3.90. The van der Waals surface area contributed by atoms with Crippen molar-refractivity contribution in [2.75, 3.05) is 14.1 Å². The Balaban J connectivity index is 2.92. The van der Waals surface area contributed by atoms with Crippen molar-refractivity contribution in [3.63, 3.8) is 0 Å². The Kier molecular flexibility index (Phi) is 5.17. The summed E-state index contributed by atoms with van der Waals surface area (Å²) in [4.78, 5) is 5.48. The van der Waals surface area contributed by atoms with Crippen LogP contribution in [0.5, 0.6) is 0 Å². The minimum Gasteiger partial charge on any atom is -0.426 e. The average Bonchev–Trinajstić information content (AvgIpc) is 2.29. The molecule has 1 atom stereocenters. The van der Waals surface area contributed by atoms with Gasteiger partial charge in [-0.05, 0) is 27.7 Å². The normalized spacial score (nSPS) is 27.0. The lowest BCUT2D eigenvalue weighted by atomic mass is 9.86. The van der Waals surface area contributed by atoms with Crippen LogP contribution < -0.4 is 0 Å². The van der Waals surface area contributed by atoms with Gasteiger partial charge in [0.15, 0.2) is 5.60 Å². The molecule has 1 aliphatic rings. The molecule has 6 nitrogen and oxygen atoms in total. The van der Waals surface area contributed by atoms with Gasteiger partial charge < -0.3 is 9.49 Å². The zero-order valence-corrected chi connectivity index (χ0v) is 13.1. The fourth-order valence-electron chi connectivity index (χ4n) is 1.10. The SMILES string of the molecule is CN(C)S(=O)N1/C=N\OC(C)(C)C(C)(C)O[B]/C=C/1. The maximum absolute atomic E-state index is 12.0. The Morgan fingerprint density at radius 3 is 2.47 bits per heavy atom. The van der Waals surface area contributed by atoms with Crippen LogP contribution in [-0.4, -0.2) is 51.9 Å². The summed E-state index contributed by atoms with van der Waals surface area (Å²) < 4.78 is 20.6. The van der Waals surface area contributed by atoms with Gasteiger partial charge in [0.25, 0.3) is 0 Å². The third-order valence-corrected chi connectivity index (χ3v) is 4.26. The lowest BCUT2D eigenvalue weighted by Crippen LogP contribution is -2.49. The highest BCUT2D eigenvalue weighted by Crippen LogP contribution is 2.29. The van der Waals surface area contributed by atoms with Crippen LogP contribution in [0.15, 0.2) is 17.3 Å². The molecule has 1 radical (unpaired) electrons. The molecule has 0 N–H and O–H groups in total. The molecule has 0 fully saturated rings. The van der Waals surface area contributed by atoms with E-state index in [0.717, 1.165) is 0 Å². The lowest BCUT2D eigenvalue weighted by Gasteiger charge is -2.39. The van der Waals surface area contributed by atoms with Crippen LogP contribution in [0.1, 0.15) is 27.7 Å². The highest BCUT2D eigenvalue weighted by atomic mass is 32.2. The molecule has 1 rings (SSSR count). The van der Waals surface area contributed by atoms with E-state index >= 15 is 0 Å². The molecular formula is C11H21BN3O3S. The van der Waals surface area contributed by atoms with E-state index in [1.807, 2.05) is 27.7 Å². The minimum atomic E-state index is -1.36. The minimum absolute atomic E-state index is 0.544. The summed E-state index contributed by atoms with van der Waals surface area (Å²) in [6.07, 6.45) is 3.00. The summed E-state index contributed by atoms with van der Waals surface area (Å²) in [6, 6.07) is 0. The molecule has 8 heteroatoms. The summed E-state index contributed by atoms with van der Waals surface area (Å²) >= 11 is -1.36. The Hall–Kier alpha value is -0.855. The Bertz CT molecular complexity index is 397. The lowest BCUT2D eigenvalue weighted by molar-refractivity contribution is -0.133. The molecule has 0 spiro atoms. The summed E-state index contributed by atoms with van der Waals surface area (Å²) in [7, 11) is 4.99. The molecule has 107 valence electrons. The Labute approximate surface area is 118 Å². The van der Waals surface area contributed by atoms with Gasteiger partial charge in [-0.1, -0.05) is 11.1 Å². The maximum Gasteiger partial charge on any atom is 0.324 e. The standard InChI is InChI=1S/C11H21BN3O3S/c1-10(2)11(3,4)18-13-9-15(8-7-12-17-10)19(16)14(5)6/h7-9H,1-6H3/b8-7+,13-9-. The predicted octanol–water partition coefficient (Wildman–Crippen LogP) is 1.07. The van der Waals surface area contributed by atoms with Crippen molar-refractivity contribution in [3.8, 4) is 0 Å². The van der Waals surface area contributed by atoms with Gasteiger partial charge in [0, 0.05) is 20.3 Å². The Morgan fingerprint density at radius 2 is 1.89 bits per heavy atom. The number of hydrogen-bond acceptors (Lipinski definition) is 4. The van der Waals surface area contributed by atoms with E-state index in [1.54, 1.807) is 38.1 Å². The fourth-order valence-corrected chi connectivity index (χ4v) is 1.77. The van der Waals surface area contributed by atoms with Crippen molar-refractivity contribution in [1.29, 1.82) is 0 Å². The number of oxime groups is 1. The van der Waals surface area contributed by atoms with E-state index in [9.17, 15) is 4.21 Å². The first-order valence-corrected chi connectivity index (χ1v) is 7.01. The molecule has 0 amide bonds. The van der Waals surface area contributed by atoms with Gasteiger partial charge in [-0.15, -0.1) is 0 Å². The second-order valence-corrected chi connectivity index (χ2v) is 6.94. The van der Waals surface area contributed by atoms with Gasteiger partial charge >= 0.3 is 7.48 Å². The fraction of sp³-hybridized carbons (Fsp3) is 0.727. The molecular weight excluding hydrogens is 265 g/mol. The van der Waals surface area contributed by atoms with Crippen LogP contribution in [0.4, 0.5) is 0 Å². The summed E-state index contributed by atoms with van der Waals surface area (Å²) in [5.41, 5.74) is -1.17. The van der Waals surface area contributed by atoms with E-state index in [1.165, 1.54) is 10.6 Å². The van der Waals surface area contributed by atoms with Gasteiger partial charge in [-0.3, -0.25) is 0 Å². The largest absolute Gasteiger partial charge is 0.426 e. The smallest absolute Gasteiger partial charge is 0.324 e. The molecule has 0 aromatic rings. The second-order valence-electron chi connectivity index (χ2n) is 5.33. The first-order valence-electron chi connectivity index (χ1n) is 5.94. The summed E-state index contributed by atoms with van der Waals surface area (Å²) in [6.45, 7) is 7.61. The van der Waals surface area contributed by atoms with E-state index in [-0.39, 0.29) is 0 Å². The molecule has 19 heavy (non-hydrogen) atoms. The maximum atomic E-state index is 12.0. The Morgan fingerprint density at radius 1 is 1.26 bits per heavy atom. The van der Waals surface area contributed by atoms with E-state index in [4.69, 9.17) is 9.49 Å². The van der Waals surface area contributed by atoms with Crippen molar-refractivity contribution >= 4 is 25.0 Å². The molecule has 0 aromatic carbocycles. The first kappa shape index (κ1) is 16.2. The van der Waals surface area contributed by atoms with Crippen LogP contribution >= 0.6 is 0 Å². The van der Waals surface area contributed by atoms with E-state index < -0.39 is 22.4 Å². The molecule has 1 heterocycles. The van der Waals surface area contributed by atoms with Crippen molar-refractivity contribution in [3.05, 3.63) is 12.2 Å². The van der Waals surface area contributed by atoms with Crippen LogP contribution in [0.2, 0.25) is 0 Å². The highest BCUT2D eigenvalue weighted by Gasteiger charge is 2.40. The number of rotatable bonds is 2. The van der Waals surface area contributed by atoms with Gasteiger partial charge in [0.2, 0.25) is 11.2 Å². The molecule has 1 aliphatic heterocycles. The number of hydrogen-bond donors (Lipinski definition) is 0. The summed E-state index contributed by atoms with van der Waals surface area (Å²) in [5.74, 6) is 1.68.